The molecule has 2 heterocycles. The number of nitrogens with zero attached hydrogens (tertiary/aromatic N) is 3. The van der Waals surface area contributed by atoms with Crippen LogP contribution in [0, 0.1) is 6.92 Å². The van der Waals surface area contributed by atoms with Gasteiger partial charge in [0.25, 0.3) is 0 Å². The first kappa shape index (κ1) is 17.2. The van der Waals surface area contributed by atoms with Gasteiger partial charge in [0.05, 0.1) is 17.8 Å². The summed E-state index contributed by atoms with van der Waals surface area (Å²) in [6, 6.07) is 6.39. The summed E-state index contributed by atoms with van der Waals surface area (Å²) >= 11 is 0. The number of carbonyl (C=O) groups is 1. The highest BCUT2D eigenvalue weighted by atomic mass is 16.2. The van der Waals surface area contributed by atoms with Crippen LogP contribution in [-0.4, -0.2) is 61.0 Å². The maximum atomic E-state index is 13.2. The van der Waals surface area contributed by atoms with Crippen LogP contribution in [0.25, 0.3) is 5.57 Å². The molecule has 24 heavy (non-hydrogen) atoms. The van der Waals surface area contributed by atoms with E-state index >= 15 is 0 Å². The number of carbonyl (C=O) groups excluding carboxylic acids is 1. The third-order valence-corrected chi connectivity index (χ3v) is 5.17. The SMILES string of the molecule is CC1=CC(C)(C)N(C(=O)CN2CCN(C)CC2)c2ccc(C)cc21. The van der Waals surface area contributed by atoms with E-state index in [-0.39, 0.29) is 11.4 Å². The molecule has 3 rings (SSSR count). The molecule has 1 amide bonds. The number of likely N-dealkylation sites (N-methyl/N-ethyl adjacent to an activating group) is 1. The number of piperazine rings is 1. The Balaban J connectivity index is 1.87. The van der Waals surface area contributed by atoms with Crippen molar-refractivity contribution in [3.05, 3.63) is 35.4 Å². The average Bonchev–Trinajstić information content (AvgIpc) is 2.49. The molecule has 1 fully saturated rings. The lowest BCUT2D eigenvalue weighted by molar-refractivity contribution is -0.120. The van der Waals surface area contributed by atoms with Gasteiger partial charge < -0.3 is 9.80 Å². The molecule has 0 aromatic heterocycles. The number of amides is 1. The number of anilines is 1. The number of hydrogen-bond acceptors (Lipinski definition) is 3. The van der Waals surface area contributed by atoms with Gasteiger partial charge >= 0.3 is 0 Å². The van der Waals surface area contributed by atoms with Crippen LogP contribution in [0.2, 0.25) is 0 Å². The molecule has 4 nitrogen and oxygen atoms in total. The number of aryl methyl sites for hydroxylation is 1. The molecule has 0 unspecified atom stereocenters. The molecule has 2 aliphatic heterocycles. The van der Waals surface area contributed by atoms with Crippen LogP contribution in [0.3, 0.4) is 0 Å². The summed E-state index contributed by atoms with van der Waals surface area (Å²) in [7, 11) is 2.14. The maximum absolute atomic E-state index is 13.2. The number of rotatable bonds is 2. The predicted octanol–water partition coefficient (Wildman–Crippen LogP) is 2.77. The Bertz CT molecular complexity index is 669. The van der Waals surface area contributed by atoms with Gasteiger partial charge in [0.2, 0.25) is 5.91 Å². The molecule has 4 heteroatoms. The van der Waals surface area contributed by atoms with Crippen molar-refractivity contribution in [2.24, 2.45) is 0 Å². The van der Waals surface area contributed by atoms with E-state index < -0.39 is 0 Å². The van der Waals surface area contributed by atoms with Gasteiger partial charge in [0, 0.05) is 31.7 Å². The molecule has 2 aliphatic rings. The van der Waals surface area contributed by atoms with Gasteiger partial charge in [-0.1, -0.05) is 17.7 Å². The lowest BCUT2D eigenvalue weighted by Crippen LogP contribution is -2.54. The van der Waals surface area contributed by atoms with E-state index in [1.54, 1.807) is 0 Å². The number of hydrogen-bond donors (Lipinski definition) is 0. The quantitative estimate of drug-likeness (QED) is 0.836. The van der Waals surface area contributed by atoms with Crippen LogP contribution in [0.1, 0.15) is 31.9 Å². The van der Waals surface area contributed by atoms with E-state index in [4.69, 9.17) is 0 Å². The third-order valence-electron chi connectivity index (χ3n) is 5.17. The molecule has 1 aromatic carbocycles. The Kier molecular flexibility index (Phi) is 4.54. The fourth-order valence-electron chi connectivity index (χ4n) is 3.87. The summed E-state index contributed by atoms with van der Waals surface area (Å²) in [6.07, 6.45) is 2.22. The lowest BCUT2D eigenvalue weighted by atomic mass is 9.88. The molecule has 0 radical (unpaired) electrons. The normalized spacial score (nSPS) is 21.4. The van der Waals surface area contributed by atoms with Gasteiger partial charge in [-0.15, -0.1) is 0 Å². The van der Waals surface area contributed by atoms with E-state index in [0.717, 1.165) is 31.9 Å². The minimum absolute atomic E-state index is 0.193. The minimum atomic E-state index is -0.296. The molecule has 130 valence electrons. The standard InChI is InChI=1S/C20H29N3O/c1-15-6-7-18-17(12-15)16(2)13-20(3,4)23(18)19(24)14-22-10-8-21(5)9-11-22/h6-7,12-13H,8-11,14H2,1-5H3. The van der Waals surface area contributed by atoms with Crippen molar-refractivity contribution >= 4 is 17.2 Å². The van der Waals surface area contributed by atoms with E-state index in [1.165, 1.54) is 16.7 Å². The van der Waals surface area contributed by atoms with Crippen molar-refractivity contribution in [2.75, 3.05) is 44.7 Å². The first-order valence-electron chi connectivity index (χ1n) is 8.82. The summed E-state index contributed by atoms with van der Waals surface area (Å²) in [5.74, 6) is 0.193. The van der Waals surface area contributed by atoms with Gasteiger partial charge in [-0.05, 0) is 52.4 Å². The Hall–Kier alpha value is -1.65. The summed E-state index contributed by atoms with van der Waals surface area (Å²) in [5, 5.41) is 0. The van der Waals surface area contributed by atoms with Crippen LogP contribution in [0.15, 0.2) is 24.3 Å². The zero-order valence-electron chi connectivity index (χ0n) is 15.6. The highest BCUT2D eigenvalue weighted by Gasteiger charge is 2.36. The lowest BCUT2D eigenvalue weighted by Gasteiger charge is -2.43. The Morgan fingerprint density at radius 3 is 2.46 bits per heavy atom. The summed E-state index contributed by atoms with van der Waals surface area (Å²) < 4.78 is 0. The molecule has 1 saturated heterocycles. The third kappa shape index (κ3) is 3.26. The van der Waals surface area contributed by atoms with Crippen LogP contribution in [-0.2, 0) is 4.79 Å². The van der Waals surface area contributed by atoms with Gasteiger partial charge in [0.1, 0.15) is 0 Å². The van der Waals surface area contributed by atoms with Crippen LogP contribution in [0.4, 0.5) is 5.69 Å². The van der Waals surface area contributed by atoms with Gasteiger partial charge in [0.15, 0.2) is 0 Å². The summed E-state index contributed by atoms with van der Waals surface area (Å²) in [6.45, 7) is 13.0. The van der Waals surface area contributed by atoms with E-state index in [0.29, 0.717) is 6.54 Å². The second-order valence-corrected chi connectivity index (χ2v) is 7.81. The van der Waals surface area contributed by atoms with Crippen LogP contribution < -0.4 is 4.90 Å². The topological polar surface area (TPSA) is 26.8 Å². The zero-order chi connectivity index (χ0) is 17.5. The summed E-state index contributed by atoms with van der Waals surface area (Å²) in [4.78, 5) is 19.7. The zero-order valence-corrected chi connectivity index (χ0v) is 15.6. The van der Waals surface area contributed by atoms with Gasteiger partial charge in [-0.2, -0.15) is 0 Å². The second-order valence-electron chi connectivity index (χ2n) is 7.81. The van der Waals surface area contributed by atoms with Crippen molar-refractivity contribution in [3.63, 3.8) is 0 Å². The van der Waals surface area contributed by atoms with E-state index in [9.17, 15) is 4.79 Å². The van der Waals surface area contributed by atoms with Gasteiger partial charge in [-0.25, -0.2) is 0 Å². The summed E-state index contributed by atoms with van der Waals surface area (Å²) in [5.41, 5.74) is 4.41. The Morgan fingerprint density at radius 1 is 1.12 bits per heavy atom. The molecular weight excluding hydrogens is 298 g/mol. The average molecular weight is 327 g/mol. The molecule has 0 saturated carbocycles. The van der Waals surface area contributed by atoms with Crippen molar-refractivity contribution in [1.29, 1.82) is 0 Å². The van der Waals surface area contributed by atoms with Crippen molar-refractivity contribution in [1.82, 2.24) is 9.80 Å². The maximum Gasteiger partial charge on any atom is 0.241 e. The van der Waals surface area contributed by atoms with Crippen LogP contribution >= 0.6 is 0 Å². The number of benzene rings is 1. The monoisotopic (exact) mass is 327 g/mol. The molecule has 0 spiro atoms. The van der Waals surface area contributed by atoms with E-state index in [2.05, 4.69) is 68.8 Å². The fourth-order valence-corrected chi connectivity index (χ4v) is 3.87. The van der Waals surface area contributed by atoms with Crippen molar-refractivity contribution in [3.8, 4) is 0 Å². The number of allylic oxidation sites excluding steroid dienone is 1. The second kappa shape index (κ2) is 6.34. The highest BCUT2D eigenvalue weighted by Crippen LogP contribution is 2.39. The Morgan fingerprint density at radius 2 is 1.79 bits per heavy atom. The molecule has 0 aliphatic carbocycles. The fraction of sp³-hybridized carbons (Fsp3) is 0.550. The molecular formula is C20H29N3O. The largest absolute Gasteiger partial charge is 0.304 e. The van der Waals surface area contributed by atoms with Crippen molar-refractivity contribution < 1.29 is 4.79 Å². The van der Waals surface area contributed by atoms with E-state index in [1.807, 2.05) is 4.90 Å². The first-order valence-corrected chi connectivity index (χ1v) is 8.82. The smallest absolute Gasteiger partial charge is 0.241 e. The highest BCUT2D eigenvalue weighted by molar-refractivity contribution is 6.01. The Labute approximate surface area is 145 Å². The molecule has 1 aromatic rings. The molecule has 0 atom stereocenters. The molecule has 0 bridgehead atoms. The van der Waals surface area contributed by atoms with Crippen LogP contribution in [0.5, 0.6) is 0 Å². The van der Waals surface area contributed by atoms with Crippen molar-refractivity contribution in [2.45, 2.75) is 33.2 Å². The van der Waals surface area contributed by atoms with Gasteiger partial charge in [-0.3, -0.25) is 9.69 Å². The molecule has 0 N–H and O–H groups in total. The minimum Gasteiger partial charge on any atom is -0.304 e. The predicted molar refractivity (Wildman–Crippen MR) is 100 cm³/mol. The number of fused-ring (bicyclic) bond motifs is 1. The first-order chi connectivity index (χ1) is 11.3.